The molecule has 2 heterocycles. The molecule has 0 bridgehead atoms. The van der Waals surface area contributed by atoms with Gasteiger partial charge in [-0.15, -0.1) is 0 Å². The van der Waals surface area contributed by atoms with Crippen molar-refractivity contribution in [3.8, 4) is 5.75 Å². The standard InChI is InChI=1S/C18H22N4O4S/c1-26-16-4-2-3-13(9-16)5-7-19-18-20-10-14(11-21-18)17(23)22-15-6-8-27(24,25)12-15/h2-4,9-11,15H,5-8,12H2,1H3,(H,22,23)(H,19,20,21). The maximum Gasteiger partial charge on any atom is 0.254 e. The van der Waals surface area contributed by atoms with Crippen molar-refractivity contribution >= 4 is 21.7 Å². The van der Waals surface area contributed by atoms with Gasteiger partial charge in [0.1, 0.15) is 5.75 Å². The van der Waals surface area contributed by atoms with Crippen molar-refractivity contribution in [3.63, 3.8) is 0 Å². The molecule has 1 aromatic heterocycles. The largest absolute Gasteiger partial charge is 0.497 e. The maximum atomic E-state index is 12.2. The molecule has 0 radical (unpaired) electrons. The lowest BCUT2D eigenvalue weighted by Crippen LogP contribution is -2.35. The van der Waals surface area contributed by atoms with E-state index in [1.54, 1.807) is 7.11 Å². The molecule has 1 fully saturated rings. The Morgan fingerprint density at radius 1 is 1.30 bits per heavy atom. The van der Waals surface area contributed by atoms with Gasteiger partial charge in [-0.05, 0) is 30.5 Å². The molecule has 1 unspecified atom stereocenters. The Labute approximate surface area is 158 Å². The lowest BCUT2D eigenvalue weighted by molar-refractivity contribution is 0.0940. The zero-order valence-electron chi connectivity index (χ0n) is 15.0. The van der Waals surface area contributed by atoms with Gasteiger partial charge >= 0.3 is 0 Å². The molecule has 2 aromatic rings. The van der Waals surface area contributed by atoms with Gasteiger partial charge in [-0.3, -0.25) is 4.79 Å². The van der Waals surface area contributed by atoms with Crippen LogP contribution in [-0.4, -0.2) is 55.5 Å². The lowest BCUT2D eigenvalue weighted by Gasteiger charge is -2.11. The van der Waals surface area contributed by atoms with Crippen molar-refractivity contribution in [2.75, 3.05) is 30.5 Å². The van der Waals surface area contributed by atoms with Crippen LogP contribution in [0.2, 0.25) is 0 Å². The van der Waals surface area contributed by atoms with E-state index in [1.165, 1.54) is 12.4 Å². The Bertz CT molecular complexity index is 900. The quantitative estimate of drug-likeness (QED) is 0.727. The van der Waals surface area contributed by atoms with Gasteiger partial charge in [-0.2, -0.15) is 0 Å². The number of rotatable bonds is 7. The van der Waals surface area contributed by atoms with Crippen molar-refractivity contribution in [1.82, 2.24) is 15.3 Å². The van der Waals surface area contributed by atoms with E-state index in [0.29, 0.717) is 24.5 Å². The van der Waals surface area contributed by atoms with Gasteiger partial charge in [-0.1, -0.05) is 12.1 Å². The van der Waals surface area contributed by atoms with Crippen LogP contribution in [0.4, 0.5) is 5.95 Å². The van der Waals surface area contributed by atoms with Gasteiger partial charge in [0.2, 0.25) is 5.95 Å². The summed E-state index contributed by atoms with van der Waals surface area (Å²) in [6, 6.07) is 7.47. The first kappa shape index (κ1) is 19.1. The van der Waals surface area contributed by atoms with E-state index < -0.39 is 9.84 Å². The highest BCUT2D eigenvalue weighted by Crippen LogP contribution is 2.14. The zero-order chi connectivity index (χ0) is 19.3. The van der Waals surface area contributed by atoms with E-state index in [1.807, 2.05) is 24.3 Å². The van der Waals surface area contributed by atoms with Crippen LogP contribution in [0.3, 0.4) is 0 Å². The van der Waals surface area contributed by atoms with Crippen LogP contribution in [0.1, 0.15) is 22.3 Å². The number of aromatic nitrogens is 2. The minimum absolute atomic E-state index is 0.0104. The molecule has 1 amide bonds. The molecule has 1 aliphatic heterocycles. The number of anilines is 1. The number of ether oxygens (including phenoxy) is 1. The molecule has 1 atom stereocenters. The minimum Gasteiger partial charge on any atom is -0.497 e. The minimum atomic E-state index is -3.03. The van der Waals surface area contributed by atoms with Crippen molar-refractivity contribution in [1.29, 1.82) is 0 Å². The first-order chi connectivity index (χ1) is 12.9. The summed E-state index contributed by atoms with van der Waals surface area (Å²) in [6.45, 7) is 0.638. The van der Waals surface area contributed by atoms with Crippen molar-refractivity contribution in [2.45, 2.75) is 18.9 Å². The highest BCUT2D eigenvalue weighted by atomic mass is 32.2. The second kappa shape index (κ2) is 8.34. The van der Waals surface area contributed by atoms with Gasteiger partial charge in [0.05, 0.1) is 24.2 Å². The first-order valence-corrected chi connectivity index (χ1v) is 10.5. The van der Waals surface area contributed by atoms with E-state index in [4.69, 9.17) is 4.74 Å². The molecule has 1 aliphatic rings. The average Bonchev–Trinajstić information content (AvgIpc) is 3.00. The third kappa shape index (κ3) is 5.40. The number of hydrogen-bond acceptors (Lipinski definition) is 7. The molecular formula is C18H22N4O4S. The summed E-state index contributed by atoms with van der Waals surface area (Å²) in [4.78, 5) is 20.4. The Hall–Kier alpha value is -2.68. The van der Waals surface area contributed by atoms with E-state index in [-0.39, 0.29) is 23.5 Å². The molecular weight excluding hydrogens is 368 g/mol. The summed E-state index contributed by atoms with van der Waals surface area (Å²) in [7, 11) is -1.40. The number of methoxy groups -OCH3 is 1. The smallest absolute Gasteiger partial charge is 0.254 e. The van der Waals surface area contributed by atoms with E-state index >= 15 is 0 Å². The highest BCUT2D eigenvalue weighted by molar-refractivity contribution is 7.91. The van der Waals surface area contributed by atoms with E-state index in [0.717, 1.165) is 17.7 Å². The molecule has 9 heteroatoms. The first-order valence-electron chi connectivity index (χ1n) is 8.65. The molecule has 144 valence electrons. The lowest BCUT2D eigenvalue weighted by atomic mass is 10.1. The fourth-order valence-electron chi connectivity index (χ4n) is 2.86. The third-order valence-corrected chi connectivity index (χ3v) is 6.08. The fraction of sp³-hybridized carbons (Fsp3) is 0.389. The number of carbonyl (C=O) groups is 1. The number of nitrogens with zero attached hydrogens (tertiary/aromatic N) is 2. The number of hydrogen-bond donors (Lipinski definition) is 2. The second-order valence-electron chi connectivity index (χ2n) is 6.40. The van der Waals surface area contributed by atoms with E-state index in [9.17, 15) is 13.2 Å². The number of carbonyl (C=O) groups excluding carboxylic acids is 1. The van der Waals surface area contributed by atoms with Gasteiger partial charge in [0.25, 0.3) is 5.91 Å². The summed E-state index contributed by atoms with van der Waals surface area (Å²) in [5.41, 5.74) is 1.43. The van der Waals surface area contributed by atoms with Gasteiger partial charge in [0.15, 0.2) is 9.84 Å². The predicted octanol–water partition coefficient (Wildman–Crippen LogP) is 1.06. The molecule has 0 aliphatic carbocycles. The molecule has 0 saturated carbocycles. The topological polar surface area (TPSA) is 110 Å². The Morgan fingerprint density at radius 2 is 2.07 bits per heavy atom. The summed E-state index contributed by atoms with van der Waals surface area (Å²) >= 11 is 0. The Kier molecular flexibility index (Phi) is 5.90. The maximum absolute atomic E-state index is 12.2. The Morgan fingerprint density at radius 3 is 2.74 bits per heavy atom. The molecule has 1 saturated heterocycles. The Balaban J connectivity index is 1.49. The fourth-order valence-corrected chi connectivity index (χ4v) is 4.53. The van der Waals surface area contributed by atoms with E-state index in [2.05, 4.69) is 20.6 Å². The molecule has 8 nitrogen and oxygen atoms in total. The zero-order valence-corrected chi connectivity index (χ0v) is 15.8. The number of sulfone groups is 1. The second-order valence-corrected chi connectivity index (χ2v) is 8.63. The van der Waals surface area contributed by atoms with Crippen LogP contribution in [-0.2, 0) is 16.3 Å². The number of nitrogens with one attached hydrogen (secondary N) is 2. The SMILES string of the molecule is COc1cccc(CCNc2ncc(C(=O)NC3CCS(=O)(=O)C3)cn2)c1. The monoisotopic (exact) mass is 390 g/mol. The number of amides is 1. The van der Waals surface area contributed by atoms with Crippen LogP contribution in [0.25, 0.3) is 0 Å². The molecule has 27 heavy (non-hydrogen) atoms. The average molecular weight is 390 g/mol. The third-order valence-electron chi connectivity index (χ3n) is 4.31. The van der Waals surface area contributed by atoms with Gasteiger partial charge < -0.3 is 15.4 Å². The summed E-state index contributed by atoms with van der Waals surface area (Å²) in [5, 5.41) is 5.82. The molecule has 0 spiro atoms. The van der Waals surface area contributed by atoms with Crippen molar-refractivity contribution < 1.29 is 17.9 Å². The summed E-state index contributed by atoms with van der Waals surface area (Å²) < 4.78 is 28.1. The van der Waals surface area contributed by atoms with Crippen LogP contribution in [0.5, 0.6) is 5.75 Å². The molecule has 3 rings (SSSR count). The van der Waals surface area contributed by atoms with Crippen LogP contribution < -0.4 is 15.4 Å². The normalized spacial score (nSPS) is 18.0. The van der Waals surface area contributed by atoms with Crippen molar-refractivity contribution in [2.24, 2.45) is 0 Å². The van der Waals surface area contributed by atoms with Gasteiger partial charge in [-0.25, -0.2) is 18.4 Å². The summed E-state index contributed by atoms with van der Waals surface area (Å²) in [5.74, 6) is 0.987. The summed E-state index contributed by atoms with van der Waals surface area (Å²) in [6.07, 6.45) is 4.08. The predicted molar refractivity (Wildman–Crippen MR) is 102 cm³/mol. The molecule has 1 aromatic carbocycles. The molecule has 2 N–H and O–H groups in total. The highest BCUT2D eigenvalue weighted by Gasteiger charge is 2.29. The van der Waals surface area contributed by atoms with Crippen LogP contribution in [0, 0.1) is 0 Å². The van der Waals surface area contributed by atoms with Gasteiger partial charge in [0, 0.05) is 25.0 Å². The van der Waals surface area contributed by atoms with Crippen LogP contribution in [0.15, 0.2) is 36.7 Å². The number of benzene rings is 1. The van der Waals surface area contributed by atoms with Crippen LogP contribution >= 0.6 is 0 Å². The van der Waals surface area contributed by atoms with Crippen molar-refractivity contribution in [3.05, 3.63) is 47.8 Å².